The average Bonchev–Trinajstić information content (AvgIpc) is 2.91. The van der Waals surface area contributed by atoms with Gasteiger partial charge in [-0.15, -0.1) is 0 Å². The van der Waals surface area contributed by atoms with Crippen LogP contribution in [0.4, 0.5) is 0 Å². The summed E-state index contributed by atoms with van der Waals surface area (Å²) in [5, 5.41) is 3.76. The van der Waals surface area contributed by atoms with E-state index in [4.69, 9.17) is 4.74 Å². The van der Waals surface area contributed by atoms with E-state index >= 15 is 0 Å². The molecule has 2 aliphatic heterocycles. The molecule has 1 amide bonds. The third-order valence-electron chi connectivity index (χ3n) is 7.96. The lowest BCUT2D eigenvalue weighted by Gasteiger charge is -2.50. The lowest BCUT2D eigenvalue weighted by atomic mass is 9.72. The van der Waals surface area contributed by atoms with Crippen molar-refractivity contribution in [2.75, 3.05) is 0 Å². The van der Waals surface area contributed by atoms with Crippen molar-refractivity contribution in [3.05, 3.63) is 35.9 Å². The standard InChI is InChI=1S/C29H46N2O2/c1-26(2)22-28(23-27(3,4)30-26)25(32)31(21-24-17-13-12-14-18-24)29(33-28)19-15-10-8-6-5-7-9-11-16-20-29/h12-14,17-18,30H,5-11,15-16,19-23H2,1-4H3. The van der Waals surface area contributed by atoms with Gasteiger partial charge in [-0.1, -0.05) is 75.3 Å². The summed E-state index contributed by atoms with van der Waals surface area (Å²) in [6.07, 6.45) is 14.8. The molecule has 33 heavy (non-hydrogen) atoms. The molecule has 1 aromatic carbocycles. The highest BCUT2D eigenvalue weighted by atomic mass is 16.6. The smallest absolute Gasteiger partial charge is 0.257 e. The molecule has 3 fully saturated rings. The van der Waals surface area contributed by atoms with E-state index in [0.717, 1.165) is 38.5 Å². The van der Waals surface area contributed by atoms with Crippen molar-refractivity contribution < 1.29 is 9.53 Å². The molecule has 2 spiro atoms. The number of ether oxygens (including phenoxy) is 1. The maximum absolute atomic E-state index is 14.4. The first kappa shape index (κ1) is 24.7. The lowest BCUT2D eigenvalue weighted by molar-refractivity contribution is -0.177. The normalized spacial score (nSPS) is 27.3. The van der Waals surface area contributed by atoms with Crippen LogP contribution in [0.2, 0.25) is 0 Å². The first-order valence-corrected chi connectivity index (χ1v) is 13.5. The summed E-state index contributed by atoms with van der Waals surface area (Å²) in [5.74, 6) is 0.223. The number of carbonyl (C=O) groups excluding carboxylic acids is 1. The van der Waals surface area contributed by atoms with Crippen LogP contribution in [0.15, 0.2) is 30.3 Å². The highest BCUT2D eigenvalue weighted by molar-refractivity contribution is 5.88. The van der Waals surface area contributed by atoms with Crippen LogP contribution in [0.5, 0.6) is 0 Å². The third kappa shape index (κ3) is 5.65. The number of hydrogen-bond donors (Lipinski definition) is 1. The molecule has 0 unspecified atom stereocenters. The Morgan fingerprint density at radius 2 is 1.27 bits per heavy atom. The van der Waals surface area contributed by atoms with Gasteiger partial charge in [0.25, 0.3) is 5.91 Å². The van der Waals surface area contributed by atoms with Crippen LogP contribution in [-0.4, -0.2) is 33.2 Å². The fourth-order valence-corrected chi connectivity index (χ4v) is 7.13. The molecule has 3 aliphatic rings. The molecule has 1 aliphatic carbocycles. The minimum atomic E-state index is -0.732. The monoisotopic (exact) mass is 454 g/mol. The lowest BCUT2D eigenvalue weighted by Crippen LogP contribution is -2.65. The SMILES string of the molecule is CC1(C)CC2(CC(C)(C)N1)OC1(CCCCCCCCCCC1)N(Cc1ccccc1)C2=O. The Balaban J connectivity index is 1.70. The van der Waals surface area contributed by atoms with E-state index in [9.17, 15) is 4.79 Å². The summed E-state index contributed by atoms with van der Waals surface area (Å²) in [6.45, 7) is 9.54. The van der Waals surface area contributed by atoms with Crippen molar-refractivity contribution >= 4 is 5.91 Å². The van der Waals surface area contributed by atoms with Gasteiger partial charge in [0, 0.05) is 30.5 Å². The number of amides is 1. The minimum absolute atomic E-state index is 0.146. The fourth-order valence-electron chi connectivity index (χ4n) is 7.13. The van der Waals surface area contributed by atoms with Crippen molar-refractivity contribution in [3.8, 4) is 0 Å². The van der Waals surface area contributed by atoms with E-state index < -0.39 is 11.3 Å². The van der Waals surface area contributed by atoms with Crippen LogP contribution in [0.1, 0.15) is 117 Å². The number of hydrogen-bond acceptors (Lipinski definition) is 3. The number of carbonyl (C=O) groups is 1. The molecular weight excluding hydrogens is 408 g/mol. The predicted molar refractivity (Wildman–Crippen MR) is 135 cm³/mol. The molecule has 2 heterocycles. The summed E-state index contributed by atoms with van der Waals surface area (Å²) in [5.41, 5.74) is -0.302. The first-order valence-electron chi connectivity index (χ1n) is 13.5. The van der Waals surface area contributed by atoms with Gasteiger partial charge in [0.05, 0.1) is 0 Å². The van der Waals surface area contributed by atoms with E-state index in [1.165, 1.54) is 50.5 Å². The van der Waals surface area contributed by atoms with Gasteiger partial charge in [0.1, 0.15) is 5.72 Å². The van der Waals surface area contributed by atoms with Crippen LogP contribution in [0.25, 0.3) is 0 Å². The van der Waals surface area contributed by atoms with E-state index in [2.05, 4.69) is 68.2 Å². The Kier molecular flexibility index (Phi) is 7.27. The summed E-state index contributed by atoms with van der Waals surface area (Å²) >= 11 is 0. The Hall–Kier alpha value is -1.39. The molecular formula is C29H46N2O2. The predicted octanol–water partition coefficient (Wildman–Crippen LogP) is 6.73. The molecule has 0 aromatic heterocycles. The summed E-state index contributed by atoms with van der Waals surface area (Å²) in [6, 6.07) is 10.5. The quantitative estimate of drug-likeness (QED) is 0.539. The van der Waals surface area contributed by atoms with Crippen LogP contribution < -0.4 is 5.32 Å². The maximum Gasteiger partial charge on any atom is 0.257 e. The second-order valence-corrected chi connectivity index (χ2v) is 12.3. The Labute approximate surface area is 201 Å². The summed E-state index contributed by atoms with van der Waals surface area (Å²) < 4.78 is 7.23. The van der Waals surface area contributed by atoms with Gasteiger partial charge in [-0.05, 0) is 58.9 Å². The van der Waals surface area contributed by atoms with Crippen molar-refractivity contribution in [3.63, 3.8) is 0 Å². The number of piperidine rings is 1. The van der Waals surface area contributed by atoms with Crippen LogP contribution in [0.3, 0.4) is 0 Å². The fraction of sp³-hybridized carbons (Fsp3) is 0.759. The van der Waals surface area contributed by atoms with E-state index in [-0.39, 0.29) is 17.0 Å². The van der Waals surface area contributed by atoms with Crippen molar-refractivity contribution in [2.45, 2.75) is 140 Å². The molecule has 4 nitrogen and oxygen atoms in total. The zero-order valence-electron chi connectivity index (χ0n) is 21.5. The largest absolute Gasteiger partial charge is 0.339 e. The van der Waals surface area contributed by atoms with Gasteiger partial charge in [0.2, 0.25) is 0 Å². The van der Waals surface area contributed by atoms with Gasteiger partial charge < -0.3 is 15.0 Å². The molecule has 184 valence electrons. The molecule has 0 radical (unpaired) electrons. The minimum Gasteiger partial charge on any atom is -0.339 e. The van der Waals surface area contributed by atoms with Crippen LogP contribution in [0, 0.1) is 0 Å². The van der Waals surface area contributed by atoms with E-state index in [0.29, 0.717) is 6.54 Å². The van der Waals surface area contributed by atoms with Gasteiger partial charge in [-0.3, -0.25) is 4.79 Å². The molecule has 1 saturated carbocycles. The van der Waals surface area contributed by atoms with Gasteiger partial charge in [0.15, 0.2) is 5.60 Å². The van der Waals surface area contributed by atoms with Crippen LogP contribution >= 0.6 is 0 Å². The number of nitrogens with zero attached hydrogens (tertiary/aromatic N) is 1. The number of nitrogens with one attached hydrogen (secondary N) is 1. The number of benzene rings is 1. The van der Waals surface area contributed by atoms with Crippen molar-refractivity contribution in [1.29, 1.82) is 0 Å². The maximum atomic E-state index is 14.4. The van der Waals surface area contributed by atoms with Gasteiger partial charge in [-0.25, -0.2) is 0 Å². The second-order valence-electron chi connectivity index (χ2n) is 12.3. The van der Waals surface area contributed by atoms with Gasteiger partial charge in [-0.2, -0.15) is 0 Å². The van der Waals surface area contributed by atoms with Crippen LogP contribution in [-0.2, 0) is 16.1 Å². The summed E-state index contributed by atoms with van der Waals surface area (Å²) in [7, 11) is 0. The molecule has 4 rings (SSSR count). The topological polar surface area (TPSA) is 41.6 Å². The Morgan fingerprint density at radius 3 is 1.79 bits per heavy atom. The number of rotatable bonds is 2. The van der Waals surface area contributed by atoms with E-state index in [1.54, 1.807) is 0 Å². The molecule has 0 bridgehead atoms. The average molecular weight is 455 g/mol. The Bertz CT molecular complexity index is 773. The highest BCUT2D eigenvalue weighted by Gasteiger charge is 2.64. The Morgan fingerprint density at radius 1 is 0.788 bits per heavy atom. The third-order valence-corrected chi connectivity index (χ3v) is 7.96. The zero-order chi connectivity index (χ0) is 23.6. The van der Waals surface area contributed by atoms with E-state index in [1.807, 2.05) is 0 Å². The molecule has 1 N–H and O–H groups in total. The van der Waals surface area contributed by atoms with Crippen molar-refractivity contribution in [2.24, 2.45) is 0 Å². The molecule has 2 saturated heterocycles. The zero-order valence-corrected chi connectivity index (χ0v) is 21.5. The highest BCUT2D eigenvalue weighted by Crippen LogP contribution is 2.51. The van der Waals surface area contributed by atoms with Gasteiger partial charge >= 0.3 is 0 Å². The molecule has 0 atom stereocenters. The summed E-state index contributed by atoms with van der Waals surface area (Å²) in [4.78, 5) is 16.6. The molecule has 4 heteroatoms. The van der Waals surface area contributed by atoms with Crippen molar-refractivity contribution in [1.82, 2.24) is 10.2 Å². The molecule has 1 aromatic rings. The first-order chi connectivity index (χ1) is 15.7. The second kappa shape index (κ2) is 9.70.